The van der Waals surface area contributed by atoms with Gasteiger partial charge < -0.3 is 19.6 Å². The van der Waals surface area contributed by atoms with Gasteiger partial charge in [0.15, 0.2) is 0 Å². The highest BCUT2D eigenvalue weighted by Crippen LogP contribution is 2.39. The van der Waals surface area contributed by atoms with Crippen molar-refractivity contribution >= 4 is 17.4 Å². The van der Waals surface area contributed by atoms with Gasteiger partial charge in [0.05, 0.1) is 18.2 Å². The van der Waals surface area contributed by atoms with Crippen LogP contribution in [0.5, 0.6) is 5.75 Å². The quantitative estimate of drug-likeness (QED) is 0.221. The average Bonchev–Trinajstić information content (AvgIpc) is 3.10. The number of hydrogen-bond acceptors (Lipinski definition) is 5. The molecule has 0 saturated carbocycles. The lowest BCUT2D eigenvalue weighted by atomic mass is 9.95. The minimum Gasteiger partial charge on any atom is -0.507 e. The van der Waals surface area contributed by atoms with Crippen molar-refractivity contribution in [1.29, 1.82) is 0 Å². The Labute approximate surface area is 202 Å². The van der Waals surface area contributed by atoms with Gasteiger partial charge in [0.25, 0.3) is 11.7 Å². The standard InChI is InChI=1S/C28H36N2O4/c1-5-8-19-34-23-15-13-21(14-16-23)25-24(26(31)22-11-9-20(4)10-12-22)27(32)28(33)30(25)18-17-29(6-2)7-3/h9-16,25,31H,5-8,17-19H2,1-4H3/b26-24+. The summed E-state index contributed by atoms with van der Waals surface area (Å²) in [5, 5.41) is 11.2. The number of amides is 1. The summed E-state index contributed by atoms with van der Waals surface area (Å²) in [6, 6.07) is 14.1. The third-order valence-electron chi connectivity index (χ3n) is 6.38. The Bertz CT molecular complexity index is 1010. The SMILES string of the molecule is CCCCOc1ccc(C2/C(=C(\O)c3ccc(C)cc3)C(=O)C(=O)N2CCN(CC)CC)cc1. The molecule has 0 aliphatic carbocycles. The Morgan fingerprint density at radius 2 is 1.65 bits per heavy atom. The second kappa shape index (κ2) is 11.8. The lowest BCUT2D eigenvalue weighted by Crippen LogP contribution is -2.38. The number of hydrogen-bond donors (Lipinski definition) is 1. The minimum absolute atomic E-state index is 0.132. The van der Waals surface area contributed by atoms with Crippen LogP contribution in [0.4, 0.5) is 0 Å². The summed E-state index contributed by atoms with van der Waals surface area (Å²) in [5.74, 6) is -0.618. The number of carbonyl (C=O) groups is 2. The van der Waals surface area contributed by atoms with Crippen LogP contribution in [0.25, 0.3) is 5.76 Å². The van der Waals surface area contributed by atoms with Gasteiger partial charge in [0.2, 0.25) is 0 Å². The van der Waals surface area contributed by atoms with E-state index < -0.39 is 17.7 Å². The van der Waals surface area contributed by atoms with E-state index in [2.05, 4.69) is 25.7 Å². The van der Waals surface area contributed by atoms with Crippen molar-refractivity contribution in [3.8, 4) is 5.75 Å². The molecule has 3 rings (SSSR count). The van der Waals surface area contributed by atoms with E-state index in [4.69, 9.17) is 4.74 Å². The summed E-state index contributed by atoms with van der Waals surface area (Å²) in [6.07, 6.45) is 2.03. The Morgan fingerprint density at radius 3 is 2.24 bits per heavy atom. The van der Waals surface area contributed by atoms with Crippen LogP contribution in [0, 0.1) is 6.92 Å². The number of ketones is 1. The normalized spacial score (nSPS) is 17.6. The molecule has 6 nitrogen and oxygen atoms in total. The summed E-state index contributed by atoms with van der Waals surface area (Å²) in [6.45, 7) is 11.6. The summed E-state index contributed by atoms with van der Waals surface area (Å²) in [7, 11) is 0. The van der Waals surface area contributed by atoms with Gasteiger partial charge in [-0.3, -0.25) is 9.59 Å². The zero-order chi connectivity index (χ0) is 24.7. The van der Waals surface area contributed by atoms with Gasteiger partial charge in [0.1, 0.15) is 11.5 Å². The van der Waals surface area contributed by atoms with Gasteiger partial charge in [-0.05, 0) is 44.1 Å². The third kappa shape index (κ3) is 5.68. The molecule has 0 radical (unpaired) electrons. The van der Waals surface area contributed by atoms with Gasteiger partial charge in [-0.15, -0.1) is 0 Å². The van der Waals surface area contributed by atoms with E-state index in [-0.39, 0.29) is 11.3 Å². The number of rotatable bonds is 11. The molecule has 1 heterocycles. The first-order chi connectivity index (χ1) is 16.4. The van der Waals surface area contributed by atoms with Crippen molar-refractivity contribution in [2.24, 2.45) is 0 Å². The summed E-state index contributed by atoms with van der Waals surface area (Å²) in [4.78, 5) is 30.1. The molecule has 1 unspecified atom stereocenters. The van der Waals surface area contributed by atoms with Crippen LogP contribution in [-0.4, -0.2) is 59.4 Å². The van der Waals surface area contributed by atoms with Gasteiger partial charge in [0, 0.05) is 18.7 Å². The van der Waals surface area contributed by atoms with Crippen molar-refractivity contribution in [2.75, 3.05) is 32.8 Å². The summed E-state index contributed by atoms with van der Waals surface area (Å²) < 4.78 is 5.78. The molecule has 1 amide bonds. The molecule has 6 heteroatoms. The predicted molar refractivity (Wildman–Crippen MR) is 135 cm³/mol. The molecule has 2 aromatic rings. The first-order valence-electron chi connectivity index (χ1n) is 12.2. The Hall–Kier alpha value is -3.12. The van der Waals surface area contributed by atoms with Crippen LogP contribution in [-0.2, 0) is 9.59 Å². The zero-order valence-corrected chi connectivity index (χ0v) is 20.7. The molecule has 2 aromatic carbocycles. The number of aliphatic hydroxyl groups is 1. The highest BCUT2D eigenvalue weighted by atomic mass is 16.5. The van der Waals surface area contributed by atoms with E-state index in [1.165, 1.54) is 0 Å². The smallest absolute Gasteiger partial charge is 0.295 e. The number of unbranched alkanes of at least 4 members (excludes halogenated alkanes) is 1. The number of Topliss-reactive ketones (excluding diaryl/α,β-unsaturated/α-hetero) is 1. The van der Waals surface area contributed by atoms with Crippen LogP contribution in [0.3, 0.4) is 0 Å². The van der Waals surface area contributed by atoms with Crippen molar-refractivity contribution < 1.29 is 19.4 Å². The fourth-order valence-electron chi connectivity index (χ4n) is 4.19. The first-order valence-corrected chi connectivity index (χ1v) is 12.2. The zero-order valence-electron chi connectivity index (χ0n) is 20.7. The first kappa shape index (κ1) is 25.5. The topological polar surface area (TPSA) is 70.1 Å². The second-order valence-corrected chi connectivity index (χ2v) is 8.66. The van der Waals surface area contributed by atoms with Crippen molar-refractivity contribution in [3.63, 3.8) is 0 Å². The maximum atomic E-state index is 13.2. The number of aryl methyl sites for hydroxylation is 1. The molecule has 0 bridgehead atoms. The monoisotopic (exact) mass is 464 g/mol. The van der Waals surface area contributed by atoms with E-state index in [1.807, 2.05) is 43.3 Å². The van der Waals surface area contributed by atoms with E-state index in [0.29, 0.717) is 25.3 Å². The molecule has 1 saturated heterocycles. The van der Waals surface area contributed by atoms with Crippen LogP contribution in [0.1, 0.15) is 56.3 Å². The van der Waals surface area contributed by atoms with Crippen molar-refractivity contribution in [2.45, 2.75) is 46.6 Å². The average molecular weight is 465 g/mol. The third-order valence-corrected chi connectivity index (χ3v) is 6.38. The van der Waals surface area contributed by atoms with E-state index in [1.54, 1.807) is 17.0 Å². The molecular formula is C28H36N2O4. The minimum atomic E-state index is -0.651. The number of ether oxygens (including phenoxy) is 1. The van der Waals surface area contributed by atoms with Crippen molar-refractivity contribution in [3.05, 3.63) is 70.8 Å². The molecule has 1 fully saturated rings. The van der Waals surface area contributed by atoms with Crippen molar-refractivity contribution in [1.82, 2.24) is 9.80 Å². The van der Waals surface area contributed by atoms with Gasteiger partial charge >= 0.3 is 0 Å². The molecular weight excluding hydrogens is 428 g/mol. The summed E-state index contributed by atoms with van der Waals surface area (Å²) in [5.41, 5.74) is 2.48. The Balaban J connectivity index is 2.01. The van der Waals surface area contributed by atoms with E-state index >= 15 is 0 Å². The Kier molecular flexibility index (Phi) is 8.88. The number of benzene rings is 2. The van der Waals surface area contributed by atoms with Gasteiger partial charge in [-0.25, -0.2) is 0 Å². The largest absolute Gasteiger partial charge is 0.507 e. The lowest BCUT2D eigenvalue weighted by Gasteiger charge is -2.28. The molecule has 1 N–H and O–H groups in total. The maximum absolute atomic E-state index is 13.2. The summed E-state index contributed by atoms with van der Waals surface area (Å²) >= 11 is 0. The lowest BCUT2D eigenvalue weighted by molar-refractivity contribution is -0.140. The molecule has 1 aliphatic rings. The van der Waals surface area contributed by atoms with Gasteiger partial charge in [-0.1, -0.05) is 69.2 Å². The number of aliphatic hydroxyl groups excluding tert-OH is 1. The molecule has 1 atom stereocenters. The van der Waals surface area contributed by atoms with Crippen LogP contribution in [0.2, 0.25) is 0 Å². The van der Waals surface area contributed by atoms with Crippen LogP contribution in [0.15, 0.2) is 54.1 Å². The van der Waals surface area contributed by atoms with Gasteiger partial charge in [-0.2, -0.15) is 0 Å². The fraction of sp³-hybridized carbons (Fsp3) is 0.429. The van der Waals surface area contributed by atoms with E-state index in [9.17, 15) is 14.7 Å². The molecule has 0 spiro atoms. The molecule has 0 aromatic heterocycles. The van der Waals surface area contributed by atoms with Crippen LogP contribution >= 0.6 is 0 Å². The maximum Gasteiger partial charge on any atom is 0.295 e. The van der Waals surface area contributed by atoms with Crippen LogP contribution < -0.4 is 4.74 Å². The number of carbonyl (C=O) groups excluding carboxylic acids is 2. The molecule has 1 aliphatic heterocycles. The van der Waals surface area contributed by atoms with E-state index in [0.717, 1.165) is 42.8 Å². The fourth-order valence-corrected chi connectivity index (χ4v) is 4.19. The Morgan fingerprint density at radius 1 is 1.00 bits per heavy atom. The highest BCUT2D eigenvalue weighted by molar-refractivity contribution is 6.46. The number of nitrogens with zero attached hydrogens (tertiary/aromatic N) is 2. The number of likely N-dealkylation sites (tertiary alicyclic amines) is 1. The predicted octanol–water partition coefficient (Wildman–Crippen LogP) is 4.94. The second-order valence-electron chi connectivity index (χ2n) is 8.66. The molecule has 182 valence electrons. The highest BCUT2D eigenvalue weighted by Gasteiger charge is 2.45. The molecule has 34 heavy (non-hydrogen) atoms. The number of likely N-dealkylation sites (N-methyl/N-ethyl adjacent to an activating group) is 1.